The second-order valence-corrected chi connectivity index (χ2v) is 6.33. The van der Waals surface area contributed by atoms with E-state index in [2.05, 4.69) is 10.3 Å². The average Bonchev–Trinajstić information content (AvgIpc) is 2.69. The van der Waals surface area contributed by atoms with Crippen LogP contribution in [-0.2, 0) is 4.79 Å². The number of nitrogens with zero attached hydrogens (tertiary/aromatic N) is 2. The number of piperidine rings is 1. The summed E-state index contributed by atoms with van der Waals surface area (Å²) >= 11 is 0. The molecule has 1 aromatic carbocycles. The van der Waals surface area contributed by atoms with E-state index >= 15 is 0 Å². The lowest BCUT2D eigenvalue weighted by Gasteiger charge is -2.33. The maximum absolute atomic E-state index is 12.7. The summed E-state index contributed by atoms with van der Waals surface area (Å²) in [6.45, 7) is 3.10. The zero-order chi connectivity index (χ0) is 18.4. The van der Waals surface area contributed by atoms with Crippen LogP contribution in [0.5, 0.6) is 11.5 Å². The fourth-order valence-electron chi connectivity index (χ4n) is 3.00. The minimum atomic E-state index is -0.0200. The zero-order valence-electron chi connectivity index (χ0n) is 14.9. The molecule has 0 aliphatic carbocycles. The first-order valence-corrected chi connectivity index (χ1v) is 8.92. The van der Waals surface area contributed by atoms with Gasteiger partial charge in [-0.2, -0.15) is 0 Å². The van der Waals surface area contributed by atoms with E-state index in [1.54, 1.807) is 47.6 Å². The molecule has 1 aliphatic rings. The molecular formula is C20H23N3O3. The van der Waals surface area contributed by atoms with Crippen molar-refractivity contribution >= 4 is 11.8 Å². The molecule has 3 rings (SSSR count). The largest absolute Gasteiger partial charge is 0.456 e. The van der Waals surface area contributed by atoms with Gasteiger partial charge in [0.1, 0.15) is 11.5 Å². The average molecular weight is 353 g/mol. The van der Waals surface area contributed by atoms with Gasteiger partial charge in [0, 0.05) is 37.3 Å². The summed E-state index contributed by atoms with van der Waals surface area (Å²) in [6.07, 6.45) is 5.58. The molecule has 1 N–H and O–H groups in total. The minimum absolute atomic E-state index is 0.0200. The third-order valence-corrected chi connectivity index (χ3v) is 4.37. The summed E-state index contributed by atoms with van der Waals surface area (Å²) < 4.78 is 5.70. The van der Waals surface area contributed by atoms with Crippen molar-refractivity contribution in [2.75, 3.05) is 13.1 Å². The van der Waals surface area contributed by atoms with Crippen molar-refractivity contribution in [3.05, 3.63) is 54.4 Å². The van der Waals surface area contributed by atoms with Crippen molar-refractivity contribution in [3.8, 4) is 11.5 Å². The van der Waals surface area contributed by atoms with Gasteiger partial charge < -0.3 is 15.0 Å². The molecule has 1 saturated heterocycles. The van der Waals surface area contributed by atoms with Crippen molar-refractivity contribution in [1.29, 1.82) is 0 Å². The highest BCUT2D eigenvalue weighted by Crippen LogP contribution is 2.21. The molecule has 26 heavy (non-hydrogen) atoms. The Morgan fingerprint density at radius 3 is 2.73 bits per heavy atom. The molecule has 1 aliphatic heterocycles. The lowest BCUT2D eigenvalue weighted by atomic mass is 10.0. The Bertz CT molecular complexity index is 747. The van der Waals surface area contributed by atoms with Gasteiger partial charge in [0.2, 0.25) is 5.91 Å². The molecule has 2 heterocycles. The van der Waals surface area contributed by atoms with Crippen LogP contribution in [0.2, 0.25) is 0 Å². The fraction of sp³-hybridized carbons (Fsp3) is 0.350. The standard InChI is InChI=1S/C20H23N3O3/c1-2-19(24)22-16-5-4-12-23(14-16)20(25)15-7-9-17(10-8-15)26-18-6-3-11-21-13-18/h3,6-11,13,16H,2,4-5,12,14H2,1H3,(H,22,24). The Kier molecular flexibility index (Phi) is 5.84. The van der Waals surface area contributed by atoms with Gasteiger partial charge >= 0.3 is 0 Å². The minimum Gasteiger partial charge on any atom is -0.456 e. The Hall–Kier alpha value is -2.89. The van der Waals surface area contributed by atoms with Crippen LogP contribution in [0.15, 0.2) is 48.8 Å². The van der Waals surface area contributed by atoms with Crippen molar-refractivity contribution in [3.63, 3.8) is 0 Å². The lowest BCUT2D eigenvalue weighted by molar-refractivity contribution is -0.121. The van der Waals surface area contributed by atoms with E-state index in [0.29, 0.717) is 36.6 Å². The van der Waals surface area contributed by atoms with E-state index in [4.69, 9.17) is 4.74 Å². The molecule has 1 fully saturated rings. The van der Waals surface area contributed by atoms with Gasteiger partial charge in [-0.15, -0.1) is 0 Å². The number of hydrogen-bond acceptors (Lipinski definition) is 4. The summed E-state index contributed by atoms with van der Waals surface area (Å²) in [5, 5.41) is 2.98. The van der Waals surface area contributed by atoms with Crippen molar-refractivity contribution in [1.82, 2.24) is 15.2 Å². The van der Waals surface area contributed by atoms with Gasteiger partial charge in [-0.25, -0.2) is 0 Å². The van der Waals surface area contributed by atoms with Crippen LogP contribution < -0.4 is 10.1 Å². The predicted octanol–water partition coefficient (Wildman–Crippen LogP) is 3.00. The summed E-state index contributed by atoms with van der Waals surface area (Å²) in [7, 11) is 0. The van der Waals surface area contributed by atoms with E-state index in [1.807, 2.05) is 13.0 Å². The van der Waals surface area contributed by atoms with Crippen molar-refractivity contribution in [2.24, 2.45) is 0 Å². The maximum Gasteiger partial charge on any atom is 0.253 e. The van der Waals surface area contributed by atoms with E-state index in [1.165, 1.54) is 0 Å². The van der Waals surface area contributed by atoms with Crippen LogP contribution in [0.1, 0.15) is 36.5 Å². The number of rotatable bonds is 5. The summed E-state index contributed by atoms with van der Waals surface area (Å²) in [5.74, 6) is 1.31. The van der Waals surface area contributed by atoms with Crippen LogP contribution in [-0.4, -0.2) is 40.8 Å². The van der Waals surface area contributed by atoms with Crippen molar-refractivity contribution in [2.45, 2.75) is 32.2 Å². The second kappa shape index (κ2) is 8.47. The molecule has 6 nitrogen and oxygen atoms in total. The van der Waals surface area contributed by atoms with Gasteiger partial charge in [0.15, 0.2) is 0 Å². The number of benzene rings is 1. The second-order valence-electron chi connectivity index (χ2n) is 6.33. The third-order valence-electron chi connectivity index (χ3n) is 4.37. The smallest absolute Gasteiger partial charge is 0.253 e. The Morgan fingerprint density at radius 1 is 1.23 bits per heavy atom. The first kappa shape index (κ1) is 17.9. The van der Waals surface area contributed by atoms with Crippen LogP contribution >= 0.6 is 0 Å². The predicted molar refractivity (Wildman–Crippen MR) is 98.1 cm³/mol. The number of ether oxygens (including phenoxy) is 1. The Labute approximate surface area is 153 Å². The number of aromatic nitrogens is 1. The van der Waals surface area contributed by atoms with Crippen molar-refractivity contribution < 1.29 is 14.3 Å². The highest BCUT2D eigenvalue weighted by molar-refractivity contribution is 5.94. The topological polar surface area (TPSA) is 71.5 Å². The number of pyridine rings is 1. The molecule has 2 amide bonds. The van der Waals surface area contributed by atoms with Gasteiger partial charge in [0.05, 0.1) is 6.20 Å². The molecule has 1 aromatic heterocycles. The van der Waals surface area contributed by atoms with Crippen LogP contribution in [0.3, 0.4) is 0 Å². The first-order valence-electron chi connectivity index (χ1n) is 8.92. The van der Waals surface area contributed by atoms with Crippen LogP contribution in [0, 0.1) is 0 Å². The summed E-state index contributed by atoms with van der Waals surface area (Å²) in [4.78, 5) is 30.1. The number of amides is 2. The van der Waals surface area contributed by atoms with Crippen LogP contribution in [0.25, 0.3) is 0 Å². The highest BCUT2D eigenvalue weighted by Gasteiger charge is 2.25. The molecule has 6 heteroatoms. The molecule has 0 radical (unpaired) electrons. The molecular weight excluding hydrogens is 330 g/mol. The fourth-order valence-corrected chi connectivity index (χ4v) is 3.00. The monoisotopic (exact) mass is 353 g/mol. The van der Waals surface area contributed by atoms with Gasteiger partial charge in [-0.1, -0.05) is 6.92 Å². The first-order chi connectivity index (χ1) is 12.7. The van der Waals surface area contributed by atoms with Crippen LogP contribution in [0.4, 0.5) is 0 Å². The maximum atomic E-state index is 12.7. The number of likely N-dealkylation sites (tertiary alicyclic amines) is 1. The Morgan fingerprint density at radius 2 is 2.04 bits per heavy atom. The van der Waals surface area contributed by atoms with Gasteiger partial charge in [0.25, 0.3) is 5.91 Å². The SMILES string of the molecule is CCC(=O)NC1CCCN(C(=O)c2ccc(Oc3cccnc3)cc2)C1. The highest BCUT2D eigenvalue weighted by atomic mass is 16.5. The van der Waals surface area contributed by atoms with E-state index < -0.39 is 0 Å². The molecule has 0 saturated carbocycles. The number of nitrogens with one attached hydrogen (secondary N) is 1. The van der Waals surface area contributed by atoms with E-state index in [0.717, 1.165) is 12.8 Å². The molecule has 0 spiro atoms. The number of hydrogen-bond donors (Lipinski definition) is 1. The molecule has 1 unspecified atom stereocenters. The van der Waals surface area contributed by atoms with Gasteiger partial charge in [-0.3, -0.25) is 14.6 Å². The molecule has 2 aromatic rings. The zero-order valence-corrected chi connectivity index (χ0v) is 14.9. The van der Waals surface area contributed by atoms with E-state index in [-0.39, 0.29) is 17.9 Å². The van der Waals surface area contributed by atoms with Gasteiger partial charge in [-0.05, 0) is 49.2 Å². The quantitative estimate of drug-likeness (QED) is 0.897. The summed E-state index contributed by atoms with van der Waals surface area (Å²) in [6, 6.07) is 10.8. The number of carbonyl (C=O) groups excluding carboxylic acids is 2. The lowest BCUT2D eigenvalue weighted by Crippen LogP contribution is -2.49. The molecule has 0 bridgehead atoms. The third kappa shape index (κ3) is 4.59. The molecule has 1 atom stereocenters. The van der Waals surface area contributed by atoms with E-state index in [9.17, 15) is 9.59 Å². The Balaban J connectivity index is 1.61. The number of carbonyl (C=O) groups is 2. The summed E-state index contributed by atoms with van der Waals surface area (Å²) in [5.41, 5.74) is 0.617. The molecule has 136 valence electrons. The normalized spacial score (nSPS) is 16.8.